The second-order valence-corrected chi connectivity index (χ2v) is 12.9. The molecule has 4 aromatic rings. The lowest BCUT2D eigenvalue weighted by Gasteiger charge is -2.36. The highest BCUT2D eigenvalue weighted by molar-refractivity contribution is 5.97. The number of rotatable bonds is 9. The number of halogens is 1. The molecule has 0 unspecified atom stereocenters. The molecule has 0 bridgehead atoms. The lowest BCUT2D eigenvalue weighted by atomic mass is 9.91. The quantitative estimate of drug-likeness (QED) is 0.188. The van der Waals surface area contributed by atoms with Crippen molar-refractivity contribution in [3.05, 3.63) is 102 Å². The van der Waals surface area contributed by atoms with Crippen molar-refractivity contribution in [2.24, 2.45) is 0 Å². The second-order valence-electron chi connectivity index (χ2n) is 12.9. The summed E-state index contributed by atoms with van der Waals surface area (Å²) in [6, 6.07) is 20.8. The molecular weight excluding hydrogens is 611 g/mol. The van der Waals surface area contributed by atoms with Crippen molar-refractivity contribution >= 4 is 11.8 Å². The molecule has 4 N–H and O–H groups in total. The van der Waals surface area contributed by atoms with Crippen LogP contribution in [0.3, 0.4) is 0 Å². The van der Waals surface area contributed by atoms with Crippen LogP contribution >= 0.6 is 0 Å². The number of benzene rings is 2. The van der Waals surface area contributed by atoms with Crippen LogP contribution in [0.2, 0.25) is 0 Å². The number of aromatic nitrogens is 2. The van der Waals surface area contributed by atoms with E-state index in [9.17, 15) is 19.1 Å². The van der Waals surface area contributed by atoms with Crippen LogP contribution in [-0.4, -0.2) is 69.0 Å². The van der Waals surface area contributed by atoms with Crippen LogP contribution in [0, 0.1) is 5.82 Å². The van der Waals surface area contributed by atoms with E-state index in [1.807, 2.05) is 18.2 Å². The Morgan fingerprint density at radius 2 is 1.58 bits per heavy atom. The van der Waals surface area contributed by atoms with Gasteiger partial charge in [-0.2, -0.15) is 0 Å². The summed E-state index contributed by atoms with van der Waals surface area (Å²) in [5.41, 5.74) is 3.20. The summed E-state index contributed by atoms with van der Waals surface area (Å²) in [5, 5.41) is 19.4. The fourth-order valence-corrected chi connectivity index (χ4v) is 6.62. The number of nitrogens with zero attached hydrogens (tertiary/aromatic N) is 3. The van der Waals surface area contributed by atoms with Crippen LogP contribution in [0.5, 0.6) is 17.4 Å². The Morgan fingerprint density at radius 1 is 0.896 bits per heavy atom. The van der Waals surface area contributed by atoms with E-state index in [1.165, 1.54) is 17.8 Å². The monoisotopic (exact) mass is 652 g/mol. The van der Waals surface area contributed by atoms with Gasteiger partial charge in [0.15, 0.2) is 5.69 Å². The number of carbonyl (C=O) groups is 2. The van der Waals surface area contributed by atoms with Gasteiger partial charge in [-0.3, -0.25) is 14.5 Å². The van der Waals surface area contributed by atoms with Crippen LogP contribution in [-0.2, 0) is 6.54 Å². The third-order valence-corrected chi connectivity index (χ3v) is 8.84. The van der Waals surface area contributed by atoms with Crippen LogP contribution in [0.4, 0.5) is 4.39 Å². The van der Waals surface area contributed by atoms with Crippen molar-refractivity contribution in [3.63, 3.8) is 0 Å². The number of hydrogen-bond acceptors (Lipinski definition) is 8. The molecule has 0 spiro atoms. The first-order valence-electron chi connectivity index (χ1n) is 16.5. The average Bonchev–Trinajstić information content (AvgIpc) is 3.06. The summed E-state index contributed by atoms with van der Waals surface area (Å²) in [5.74, 6) is -1.26. The van der Waals surface area contributed by atoms with Crippen molar-refractivity contribution in [2.45, 2.75) is 70.2 Å². The molecule has 48 heavy (non-hydrogen) atoms. The molecule has 2 amide bonds. The molecule has 2 aromatic heterocycles. The lowest BCUT2D eigenvalue weighted by Crippen LogP contribution is -2.53. The summed E-state index contributed by atoms with van der Waals surface area (Å²) in [4.78, 5) is 36.4. The average molecular weight is 653 g/mol. The molecule has 2 aromatic carbocycles. The van der Waals surface area contributed by atoms with Crippen LogP contribution in [0.15, 0.2) is 79.1 Å². The maximum absolute atomic E-state index is 14.3. The molecule has 6 rings (SSSR count). The van der Waals surface area contributed by atoms with Crippen molar-refractivity contribution in [3.8, 4) is 28.5 Å². The maximum atomic E-state index is 14.3. The number of hydrogen-bond donors (Lipinski definition) is 4. The number of carbonyl (C=O) groups excluding carboxylic acids is 2. The Hall–Kier alpha value is -4.87. The van der Waals surface area contributed by atoms with Gasteiger partial charge in [0.05, 0.1) is 6.20 Å². The van der Waals surface area contributed by atoms with E-state index in [1.54, 1.807) is 12.1 Å². The summed E-state index contributed by atoms with van der Waals surface area (Å²) in [6.07, 6.45) is 4.94. The molecular formula is C37H41FN6O4. The Bertz CT molecular complexity index is 1730. The van der Waals surface area contributed by atoms with Gasteiger partial charge in [-0.05, 0) is 86.6 Å². The Balaban J connectivity index is 1.06. The van der Waals surface area contributed by atoms with Gasteiger partial charge in [-0.15, -0.1) is 0 Å². The topological polar surface area (TPSA) is 129 Å². The summed E-state index contributed by atoms with van der Waals surface area (Å²) < 4.78 is 20.4. The Labute approximate surface area is 279 Å². The van der Waals surface area contributed by atoms with E-state index in [4.69, 9.17) is 4.74 Å². The van der Waals surface area contributed by atoms with Gasteiger partial charge in [-0.25, -0.2) is 14.4 Å². The number of pyridine rings is 2. The molecule has 10 nitrogen and oxygen atoms in total. The van der Waals surface area contributed by atoms with Crippen molar-refractivity contribution in [1.82, 2.24) is 30.8 Å². The molecule has 2 fully saturated rings. The third-order valence-electron chi connectivity index (χ3n) is 8.84. The Kier molecular flexibility index (Phi) is 10.3. The highest BCUT2D eigenvalue weighted by Gasteiger charge is 2.27. The molecule has 1 saturated carbocycles. The summed E-state index contributed by atoms with van der Waals surface area (Å²) in [6.45, 7) is 7.37. The molecule has 11 heteroatoms. The first-order chi connectivity index (χ1) is 23.2. The zero-order valence-electron chi connectivity index (χ0n) is 27.2. The normalized spacial score (nSPS) is 21.3. The smallest absolute Gasteiger partial charge is 0.273 e. The Morgan fingerprint density at radius 3 is 2.27 bits per heavy atom. The third kappa shape index (κ3) is 8.34. The van der Waals surface area contributed by atoms with E-state index in [2.05, 4.69) is 68.9 Å². The first kappa shape index (κ1) is 33.0. The van der Waals surface area contributed by atoms with Crippen LogP contribution in [0.25, 0.3) is 11.1 Å². The predicted molar refractivity (Wildman–Crippen MR) is 180 cm³/mol. The van der Waals surface area contributed by atoms with E-state index in [-0.39, 0.29) is 35.0 Å². The molecule has 1 saturated heterocycles. The molecule has 250 valence electrons. The fraction of sp³-hybridized carbons (Fsp3) is 0.351. The summed E-state index contributed by atoms with van der Waals surface area (Å²) >= 11 is 0. The molecule has 0 radical (unpaired) electrons. The van der Waals surface area contributed by atoms with Gasteiger partial charge < -0.3 is 25.8 Å². The first-order valence-corrected chi connectivity index (χ1v) is 16.5. The molecule has 1 aliphatic heterocycles. The number of nitrogens with one attached hydrogen (secondary N) is 3. The summed E-state index contributed by atoms with van der Waals surface area (Å²) in [7, 11) is 0. The van der Waals surface area contributed by atoms with Gasteiger partial charge >= 0.3 is 0 Å². The highest BCUT2D eigenvalue weighted by Crippen LogP contribution is 2.30. The van der Waals surface area contributed by atoms with E-state index >= 15 is 0 Å². The van der Waals surface area contributed by atoms with Gasteiger partial charge in [-0.1, -0.05) is 36.4 Å². The molecule has 2 atom stereocenters. The number of amides is 2. The van der Waals surface area contributed by atoms with Crippen LogP contribution < -0.4 is 20.7 Å². The SMILES string of the molecule is C[C@@H]1CN(Cc2ccc(-c3cccc(Oc4ncc(F)cc4C(=O)NC4CCC(NC(=O)c5ncccc5O)CC4)c3)cc2)C[C@H](C)N1. The number of ether oxygens (including phenoxy) is 1. The predicted octanol–water partition coefficient (Wildman–Crippen LogP) is 5.43. The zero-order valence-corrected chi connectivity index (χ0v) is 27.2. The van der Waals surface area contributed by atoms with E-state index < -0.39 is 17.6 Å². The maximum Gasteiger partial charge on any atom is 0.273 e. The van der Waals surface area contributed by atoms with Crippen molar-refractivity contribution in [1.29, 1.82) is 0 Å². The molecule has 2 aliphatic rings. The largest absolute Gasteiger partial charge is 0.505 e. The van der Waals surface area contributed by atoms with Gasteiger partial charge in [0.2, 0.25) is 5.88 Å². The highest BCUT2D eigenvalue weighted by atomic mass is 19.1. The minimum absolute atomic E-state index is 0.00218. The van der Waals surface area contributed by atoms with Gasteiger partial charge in [0.1, 0.15) is 22.9 Å². The minimum atomic E-state index is -0.643. The standard InChI is InChI=1S/C37H41FN6O4/c1-23-20-44(21-24(2)41-23)22-25-8-10-26(11-9-25)27-5-3-6-31(17-27)48-37-32(18-28(38)19-40-37)35(46)42-29-12-14-30(15-13-29)43-36(47)34-33(45)7-4-16-39-34/h3-11,16-19,23-24,29-30,41,45H,12-15,20-22H2,1-2H3,(H,42,46)(H,43,47)/t23-,24+,29?,30?. The lowest BCUT2D eigenvalue weighted by molar-refractivity contribution is 0.0885. The van der Waals surface area contributed by atoms with Gasteiger partial charge in [0.25, 0.3) is 11.8 Å². The van der Waals surface area contributed by atoms with Crippen LogP contribution in [0.1, 0.15) is 65.9 Å². The van der Waals surface area contributed by atoms with Crippen molar-refractivity contribution in [2.75, 3.05) is 13.1 Å². The van der Waals surface area contributed by atoms with E-state index in [0.29, 0.717) is 43.5 Å². The molecule has 3 heterocycles. The number of aromatic hydroxyl groups is 1. The minimum Gasteiger partial charge on any atom is -0.505 e. The molecule has 1 aliphatic carbocycles. The van der Waals surface area contributed by atoms with Gasteiger partial charge in [0, 0.05) is 50.0 Å². The zero-order chi connectivity index (χ0) is 33.6. The fourth-order valence-electron chi connectivity index (χ4n) is 6.62. The number of piperazine rings is 1. The second kappa shape index (κ2) is 14.9. The van der Waals surface area contributed by atoms with E-state index in [0.717, 1.165) is 43.0 Å². The van der Waals surface area contributed by atoms with Crippen molar-refractivity contribution < 1.29 is 23.8 Å².